The maximum atomic E-state index is 5.87. The zero-order chi connectivity index (χ0) is 12.7. The van der Waals surface area contributed by atoms with Crippen molar-refractivity contribution in [3.63, 3.8) is 0 Å². The average Bonchev–Trinajstić information content (AvgIpc) is 2.49. The molecule has 0 saturated heterocycles. The smallest absolute Gasteiger partial charge is 0.472 e. The van der Waals surface area contributed by atoms with Gasteiger partial charge in [0.25, 0.3) is 0 Å². The minimum atomic E-state index is 0. The van der Waals surface area contributed by atoms with E-state index in [9.17, 15) is 0 Å². The third kappa shape index (κ3) is 1.98. The van der Waals surface area contributed by atoms with Gasteiger partial charge in [0.05, 0.1) is 5.69 Å². The van der Waals surface area contributed by atoms with Gasteiger partial charge in [-0.05, 0) is 17.5 Å². The average molecular weight is 253 g/mol. The van der Waals surface area contributed by atoms with Crippen LogP contribution in [0.2, 0.25) is 0 Å². The topological polar surface area (TPSA) is 12.5 Å². The zero-order valence-corrected chi connectivity index (χ0v) is 11.3. The van der Waals surface area contributed by atoms with Crippen molar-refractivity contribution in [1.82, 2.24) is 0 Å². The summed E-state index contributed by atoms with van der Waals surface area (Å²) in [7, 11) is 0. The number of rotatable bonds is 1. The van der Waals surface area contributed by atoms with E-state index in [0.717, 1.165) is 11.4 Å². The van der Waals surface area contributed by atoms with Gasteiger partial charge in [-0.15, -0.1) is 6.07 Å². The SMILES string of the molecule is [Li+].[c-]1ccccc1N1COc2cccc3cccc1c23. The van der Waals surface area contributed by atoms with Crippen LogP contribution in [0.5, 0.6) is 5.75 Å². The molecule has 0 N–H and O–H groups in total. The summed E-state index contributed by atoms with van der Waals surface area (Å²) in [5.41, 5.74) is 2.21. The molecule has 0 saturated carbocycles. The summed E-state index contributed by atoms with van der Waals surface area (Å²) in [4.78, 5) is 2.15. The van der Waals surface area contributed by atoms with Gasteiger partial charge in [0.15, 0.2) is 6.73 Å². The Kier molecular flexibility index (Phi) is 3.44. The van der Waals surface area contributed by atoms with Crippen LogP contribution in [0.4, 0.5) is 11.4 Å². The normalized spacial score (nSPS) is 12.7. The first-order valence-corrected chi connectivity index (χ1v) is 6.32. The minimum absolute atomic E-state index is 0. The molecular weight excluding hydrogens is 241 g/mol. The molecule has 0 amide bonds. The number of hydrogen-bond acceptors (Lipinski definition) is 2. The Morgan fingerprint density at radius 2 is 1.80 bits per heavy atom. The molecule has 0 spiro atoms. The monoisotopic (exact) mass is 253 g/mol. The molecule has 1 heterocycles. The van der Waals surface area contributed by atoms with Crippen LogP contribution < -0.4 is 28.5 Å². The van der Waals surface area contributed by atoms with Gasteiger partial charge in [-0.25, -0.2) is 0 Å². The maximum absolute atomic E-state index is 5.87. The Labute approximate surface area is 130 Å². The minimum Gasteiger partial charge on any atom is -0.472 e. The fraction of sp³-hybridized carbons (Fsp3) is 0.0588. The summed E-state index contributed by atoms with van der Waals surface area (Å²) < 4.78 is 5.87. The fourth-order valence-corrected chi connectivity index (χ4v) is 2.59. The molecule has 3 aromatic carbocycles. The fourth-order valence-electron chi connectivity index (χ4n) is 2.59. The Morgan fingerprint density at radius 3 is 2.60 bits per heavy atom. The standard InChI is InChI=1S/C17H12NO.Li/c1-2-8-14(9-3-1)18-12-19-16-11-5-7-13-6-4-10-15(18)17(13)16;/h1-8,10-11H,12H2;/q-1;+1. The Hall–Kier alpha value is -1.88. The van der Waals surface area contributed by atoms with E-state index in [2.05, 4.69) is 41.3 Å². The molecule has 0 atom stereocenters. The van der Waals surface area contributed by atoms with Crippen molar-refractivity contribution in [1.29, 1.82) is 0 Å². The van der Waals surface area contributed by atoms with E-state index in [1.54, 1.807) is 0 Å². The number of ether oxygens (including phenoxy) is 1. The summed E-state index contributed by atoms with van der Waals surface area (Å²) in [6, 6.07) is 23.7. The molecule has 0 bridgehead atoms. The summed E-state index contributed by atoms with van der Waals surface area (Å²) >= 11 is 0. The third-order valence-corrected chi connectivity index (χ3v) is 3.47. The van der Waals surface area contributed by atoms with Gasteiger partial charge < -0.3 is 9.64 Å². The predicted molar refractivity (Wildman–Crippen MR) is 76.9 cm³/mol. The zero-order valence-electron chi connectivity index (χ0n) is 11.3. The van der Waals surface area contributed by atoms with Crippen LogP contribution in [0.25, 0.3) is 10.8 Å². The third-order valence-electron chi connectivity index (χ3n) is 3.47. The maximum Gasteiger partial charge on any atom is 1.00 e. The number of benzene rings is 3. The number of hydrogen-bond donors (Lipinski definition) is 0. The summed E-state index contributed by atoms with van der Waals surface area (Å²) in [5.74, 6) is 0.959. The second-order valence-corrected chi connectivity index (χ2v) is 4.58. The van der Waals surface area contributed by atoms with E-state index in [-0.39, 0.29) is 18.9 Å². The summed E-state index contributed by atoms with van der Waals surface area (Å²) in [6.45, 7) is 0.524. The van der Waals surface area contributed by atoms with Gasteiger partial charge in [0, 0.05) is 5.39 Å². The van der Waals surface area contributed by atoms with Crippen molar-refractivity contribution >= 4 is 22.1 Å². The first-order valence-electron chi connectivity index (χ1n) is 6.32. The Morgan fingerprint density at radius 1 is 0.950 bits per heavy atom. The molecule has 0 unspecified atom stereocenters. The number of anilines is 2. The van der Waals surface area contributed by atoms with Gasteiger partial charge in [-0.3, -0.25) is 0 Å². The van der Waals surface area contributed by atoms with Gasteiger partial charge in [0.1, 0.15) is 5.75 Å². The second-order valence-electron chi connectivity index (χ2n) is 4.58. The molecule has 20 heavy (non-hydrogen) atoms. The molecule has 0 radical (unpaired) electrons. The van der Waals surface area contributed by atoms with Crippen molar-refractivity contribution < 1.29 is 23.6 Å². The molecule has 3 heteroatoms. The van der Waals surface area contributed by atoms with Crippen LogP contribution in [-0.2, 0) is 0 Å². The molecule has 2 nitrogen and oxygen atoms in total. The number of para-hydroxylation sites is 1. The molecule has 0 aromatic heterocycles. The van der Waals surface area contributed by atoms with Gasteiger partial charge in [-0.1, -0.05) is 30.0 Å². The molecular formula is C17H12LiNO. The van der Waals surface area contributed by atoms with Crippen molar-refractivity contribution in [2.45, 2.75) is 0 Å². The Balaban J connectivity index is 0.00000121. The van der Waals surface area contributed by atoms with Crippen LogP contribution in [0, 0.1) is 6.07 Å². The molecule has 0 aliphatic carbocycles. The van der Waals surface area contributed by atoms with Crippen molar-refractivity contribution in [3.8, 4) is 5.75 Å². The van der Waals surface area contributed by atoms with Crippen LogP contribution in [0.1, 0.15) is 0 Å². The second kappa shape index (κ2) is 5.24. The van der Waals surface area contributed by atoms with Crippen molar-refractivity contribution in [3.05, 3.63) is 66.7 Å². The largest absolute Gasteiger partial charge is 1.00 e. The first kappa shape index (κ1) is 13.1. The van der Waals surface area contributed by atoms with Crippen molar-refractivity contribution in [2.75, 3.05) is 11.6 Å². The van der Waals surface area contributed by atoms with Crippen molar-refractivity contribution in [2.24, 2.45) is 0 Å². The molecule has 0 fully saturated rings. The first-order chi connectivity index (χ1) is 9.43. The van der Waals surface area contributed by atoms with E-state index < -0.39 is 0 Å². The van der Waals surface area contributed by atoms with Gasteiger partial charge >= 0.3 is 18.9 Å². The van der Waals surface area contributed by atoms with Gasteiger partial charge in [-0.2, -0.15) is 24.3 Å². The van der Waals surface area contributed by atoms with Crippen LogP contribution in [0.3, 0.4) is 0 Å². The van der Waals surface area contributed by atoms with E-state index in [4.69, 9.17) is 4.74 Å². The summed E-state index contributed by atoms with van der Waals surface area (Å²) in [6.07, 6.45) is 0. The quantitative estimate of drug-likeness (QED) is 0.476. The molecule has 4 rings (SSSR count). The summed E-state index contributed by atoms with van der Waals surface area (Å²) in [5, 5.41) is 2.38. The molecule has 3 aromatic rings. The molecule has 1 aliphatic heterocycles. The number of nitrogens with zero attached hydrogens (tertiary/aromatic N) is 1. The van der Waals surface area contributed by atoms with E-state index in [0.29, 0.717) is 6.73 Å². The van der Waals surface area contributed by atoms with Crippen LogP contribution in [0.15, 0.2) is 60.7 Å². The molecule has 92 valence electrons. The Bertz CT molecular complexity index is 737. The van der Waals surface area contributed by atoms with E-state index in [1.807, 2.05) is 30.3 Å². The van der Waals surface area contributed by atoms with E-state index >= 15 is 0 Å². The van der Waals surface area contributed by atoms with Crippen LogP contribution in [-0.4, -0.2) is 6.73 Å². The molecule has 1 aliphatic rings. The van der Waals surface area contributed by atoms with Crippen LogP contribution >= 0.6 is 0 Å². The van der Waals surface area contributed by atoms with E-state index in [1.165, 1.54) is 16.5 Å². The van der Waals surface area contributed by atoms with Gasteiger partial charge in [0.2, 0.25) is 0 Å². The predicted octanol–water partition coefficient (Wildman–Crippen LogP) is 1.13.